The van der Waals surface area contributed by atoms with Crippen LogP contribution in [0.25, 0.3) is 0 Å². The fraction of sp³-hybridized carbons (Fsp3) is 0.471. The maximum absolute atomic E-state index is 14.3. The first-order chi connectivity index (χ1) is 9.99. The number of nitrogens with two attached hydrogens (primary N) is 1. The van der Waals surface area contributed by atoms with Crippen molar-refractivity contribution >= 4 is 16.9 Å². The molecule has 2 nitrogen and oxygen atoms in total. The van der Waals surface area contributed by atoms with Crippen LogP contribution in [0.1, 0.15) is 37.8 Å². The normalized spacial score (nSPS) is 28.5. The van der Waals surface area contributed by atoms with Gasteiger partial charge in [-0.1, -0.05) is 30.5 Å². The van der Waals surface area contributed by atoms with Crippen molar-refractivity contribution in [2.45, 2.75) is 32.2 Å². The van der Waals surface area contributed by atoms with Crippen LogP contribution in [0, 0.1) is 29.5 Å². The summed E-state index contributed by atoms with van der Waals surface area (Å²) < 4.78 is 14.3. The lowest BCUT2D eigenvalue weighted by molar-refractivity contribution is 0.343. The van der Waals surface area contributed by atoms with Gasteiger partial charge in [-0.3, -0.25) is 4.99 Å². The van der Waals surface area contributed by atoms with E-state index in [1.54, 1.807) is 6.07 Å². The molecule has 4 heteroatoms. The monoisotopic (exact) mass is 302 g/mol. The molecular formula is C17H19FN2S. The van der Waals surface area contributed by atoms with E-state index >= 15 is 0 Å². The van der Waals surface area contributed by atoms with Gasteiger partial charge in [-0.15, -0.1) is 0 Å². The van der Waals surface area contributed by atoms with Gasteiger partial charge in [0.2, 0.25) is 0 Å². The van der Waals surface area contributed by atoms with Crippen LogP contribution in [0.3, 0.4) is 0 Å². The molecular weight excluding hydrogens is 283 g/mol. The molecule has 1 aliphatic heterocycles. The van der Waals surface area contributed by atoms with Crippen molar-refractivity contribution in [2.75, 3.05) is 5.75 Å². The molecule has 0 unspecified atom stereocenters. The highest BCUT2D eigenvalue weighted by molar-refractivity contribution is 8.13. The van der Waals surface area contributed by atoms with Crippen molar-refractivity contribution in [3.05, 3.63) is 35.1 Å². The standard InChI is InChI=1S/C17H19FN2S/c1-11-10-21-16(19)20-17(11,2)14-9-13(7-8-15(14)18)6-5-12-3-4-12/h7-9,11-12H,3-4,10H2,1-2H3,(H2,19,20)/t11-,17-/m0/s1. The quantitative estimate of drug-likeness (QED) is 0.806. The van der Waals surface area contributed by atoms with Crippen LogP contribution in [0.4, 0.5) is 4.39 Å². The Bertz CT molecular complexity index is 654. The molecule has 1 fully saturated rings. The molecule has 0 saturated heterocycles. The second-order valence-corrected chi connectivity index (χ2v) is 7.09. The Labute approximate surface area is 129 Å². The van der Waals surface area contributed by atoms with Crippen LogP contribution in [0.2, 0.25) is 0 Å². The van der Waals surface area contributed by atoms with Gasteiger partial charge in [0, 0.05) is 22.8 Å². The molecule has 3 rings (SSSR count). The molecule has 0 spiro atoms. The van der Waals surface area contributed by atoms with Gasteiger partial charge in [0.05, 0.1) is 5.54 Å². The Morgan fingerprint density at radius 1 is 1.43 bits per heavy atom. The lowest BCUT2D eigenvalue weighted by Gasteiger charge is -2.36. The average Bonchev–Trinajstić information content (AvgIpc) is 3.26. The van der Waals surface area contributed by atoms with Gasteiger partial charge in [0.25, 0.3) is 0 Å². The highest BCUT2D eigenvalue weighted by Crippen LogP contribution is 2.40. The minimum atomic E-state index is -0.614. The van der Waals surface area contributed by atoms with Crippen LogP contribution < -0.4 is 5.73 Å². The SMILES string of the molecule is C[C@H]1CSC(N)=N[C@]1(C)c1cc(C#CC2CC2)ccc1F. The third-order valence-corrected chi connectivity index (χ3v) is 5.35. The maximum atomic E-state index is 14.3. The Balaban J connectivity index is 2.02. The first kappa shape index (κ1) is 14.5. The summed E-state index contributed by atoms with van der Waals surface area (Å²) in [7, 11) is 0. The number of rotatable bonds is 1. The van der Waals surface area contributed by atoms with Crippen LogP contribution in [0.15, 0.2) is 23.2 Å². The van der Waals surface area contributed by atoms with Crippen LogP contribution in [-0.2, 0) is 5.54 Å². The molecule has 0 bridgehead atoms. The summed E-state index contributed by atoms with van der Waals surface area (Å²) in [6, 6.07) is 5.08. The zero-order valence-corrected chi connectivity index (χ0v) is 13.1. The van der Waals surface area contributed by atoms with Crippen molar-refractivity contribution in [3.63, 3.8) is 0 Å². The largest absolute Gasteiger partial charge is 0.379 e. The van der Waals surface area contributed by atoms with Gasteiger partial charge in [0.15, 0.2) is 5.17 Å². The first-order valence-electron chi connectivity index (χ1n) is 7.29. The molecule has 110 valence electrons. The van der Waals surface area contributed by atoms with E-state index in [1.807, 2.05) is 13.0 Å². The number of hydrogen-bond acceptors (Lipinski definition) is 3. The molecule has 1 aromatic rings. The van der Waals surface area contributed by atoms with Crippen molar-refractivity contribution in [1.82, 2.24) is 0 Å². The summed E-state index contributed by atoms with van der Waals surface area (Å²) in [4.78, 5) is 4.54. The predicted molar refractivity (Wildman–Crippen MR) is 86.6 cm³/mol. The zero-order chi connectivity index (χ0) is 15.0. The Kier molecular flexibility index (Phi) is 3.71. The van der Waals surface area contributed by atoms with Crippen LogP contribution >= 0.6 is 11.8 Å². The van der Waals surface area contributed by atoms with E-state index in [1.165, 1.54) is 30.7 Å². The molecule has 1 heterocycles. The Hall–Kier alpha value is -1.47. The Morgan fingerprint density at radius 2 is 2.19 bits per heavy atom. The van der Waals surface area contributed by atoms with Crippen LogP contribution in [0.5, 0.6) is 0 Å². The molecule has 0 radical (unpaired) electrons. The number of hydrogen-bond donors (Lipinski definition) is 1. The van der Waals surface area contributed by atoms with Gasteiger partial charge in [-0.25, -0.2) is 4.39 Å². The van der Waals surface area contributed by atoms with E-state index in [2.05, 4.69) is 23.8 Å². The molecule has 1 aliphatic carbocycles. The smallest absolute Gasteiger partial charge is 0.154 e. The molecule has 2 aliphatic rings. The summed E-state index contributed by atoms with van der Waals surface area (Å²) in [5.41, 5.74) is 6.71. The van der Waals surface area contributed by atoms with Gasteiger partial charge >= 0.3 is 0 Å². The van der Waals surface area contributed by atoms with E-state index in [0.717, 1.165) is 11.3 Å². The molecule has 1 saturated carbocycles. The number of halogens is 1. The van der Waals surface area contributed by atoms with E-state index in [4.69, 9.17) is 5.73 Å². The minimum absolute atomic E-state index is 0.218. The Morgan fingerprint density at radius 3 is 2.90 bits per heavy atom. The van der Waals surface area contributed by atoms with E-state index in [9.17, 15) is 4.39 Å². The molecule has 2 atom stereocenters. The number of amidine groups is 1. The first-order valence-corrected chi connectivity index (χ1v) is 8.27. The van der Waals surface area contributed by atoms with Crippen molar-refractivity contribution in [1.29, 1.82) is 0 Å². The zero-order valence-electron chi connectivity index (χ0n) is 12.3. The minimum Gasteiger partial charge on any atom is -0.379 e. The van der Waals surface area contributed by atoms with Gasteiger partial charge < -0.3 is 5.73 Å². The van der Waals surface area contributed by atoms with Crippen molar-refractivity contribution in [3.8, 4) is 11.8 Å². The highest BCUT2D eigenvalue weighted by atomic mass is 32.2. The van der Waals surface area contributed by atoms with Gasteiger partial charge in [-0.05, 0) is 43.9 Å². The summed E-state index contributed by atoms with van der Waals surface area (Å²) in [5.74, 6) is 7.75. The second kappa shape index (κ2) is 5.38. The highest BCUT2D eigenvalue weighted by Gasteiger charge is 2.38. The second-order valence-electron chi connectivity index (χ2n) is 6.05. The number of benzene rings is 1. The number of nitrogens with zero attached hydrogens (tertiary/aromatic N) is 1. The number of aliphatic imine (C=N–C) groups is 1. The third-order valence-electron chi connectivity index (χ3n) is 4.29. The molecule has 2 N–H and O–H groups in total. The summed E-state index contributed by atoms with van der Waals surface area (Å²) in [6.07, 6.45) is 2.38. The van der Waals surface area contributed by atoms with E-state index in [0.29, 0.717) is 16.6 Å². The van der Waals surface area contributed by atoms with Gasteiger partial charge in [0.1, 0.15) is 5.82 Å². The maximum Gasteiger partial charge on any atom is 0.154 e. The lowest BCUT2D eigenvalue weighted by Crippen LogP contribution is -2.37. The van der Waals surface area contributed by atoms with Gasteiger partial charge in [-0.2, -0.15) is 0 Å². The molecule has 0 aromatic heterocycles. The van der Waals surface area contributed by atoms with Crippen molar-refractivity contribution < 1.29 is 4.39 Å². The molecule has 0 amide bonds. The summed E-state index contributed by atoms with van der Waals surface area (Å²) >= 11 is 1.53. The van der Waals surface area contributed by atoms with Crippen molar-refractivity contribution in [2.24, 2.45) is 22.6 Å². The summed E-state index contributed by atoms with van der Waals surface area (Å²) in [6.45, 7) is 4.05. The predicted octanol–water partition coefficient (Wildman–Crippen LogP) is 3.50. The number of thioether (sulfide) groups is 1. The summed E-state index contributed by atoms with van der Waals surface area (Å²) in [5, 5.41) is 0.532. The fourth-order valence-corrected chi connectivity index (χ4v) is 3.47. The molecule has 21 heavy (non-hydrogen) atoms. The lowest BCUT2D eigenvalue weighted by atomic mass is 9.81. The topological polar surface area (TPSA) is 38.4 Å². The van der Waals surface area contributed by atoms with E-state index < -0.39 is 5.54 Å². The van der Waals surface area contributed by atoms with Crippen LogP contribution in [-0.4, -0.2) is 10.9 Å². The molecule has 1 aromatic carbocycles. The third kappa shape index (κ3) is 2.94. The average molecular weight is 302 g/mol. The fourth-order valence-electron chi connectivity index (χ4n) is 2.47. The van der Waals surface area contributed by atoms with E-state index in [-0.39, 0.29) is 11.7 Å².